The van der Waals surface area contributed by atoms with E-state index >= 15 is 0 Å². The van der Waals surface area contributed by atoms with Gasteiger partial charge in [0, 0.05) is 19.6 Å². The maximum Gasteiger partial charge on any atom is 0.290 e. The van der Waals surface area contributed by atoms with Gasteiger partial charge in [0.25, 0.3) is 6.47 Å². The number of piperazine rings is 1. The van der Waals surface area contributed by atoms with E-state index in [0.717, 1.165) is 25.9 Å². The van der Waals surface area contributed by atoms with Gasteiger partial charge in [-0.15, -0.1) is 0 Å². The first-order valence-electron chi connectivity index (χ1n) is 3.88. The fourth-order valence-corrected chi connectivity index (χ4v) is 1.40. The van der Waals surface area contributed by atoms with E-state index in [1.165, 1.54) is 0 Å². The lowest BCUT2D eigenvalue weighted by atomic mass is 10.2. The number of rotatable bonds is 1. The third-order valence-corrected chi connectivity index (χ3v) is 2.35. The summed E-state index contributed by atoms with van der Waals surface area (Å²) in [5, 5.41) is 6.89. The first-order chi connectivity index (χ1) is 6.15. The molecule has 76 valence electrons. The van der Waals surface area contributed by atoms with Crippen LogP contribution in [-0.2, 0) is 9.59 Å². The largest absolute Gasteiger partial charge is 0.483 e. The van der Waals surface area contributed by atoms with Crippen LogP contribution in [0.15, 0.2) is 0 Å². The molecule has 0 amide bonds. The molecule has 1 heterocycles. The van der Waals surface area contributed by atoms with Gasteiger partial charge in [0.05, 0.1) is 6.04 Å². The van der Waals surface area contributed by atoms with E-state index in [9.17, 15) is 4.79 Å². The quantitative estimate of drug-likeness (QED) is 0.453. The van der Waals surface area contributed by atoms with Crippen molar-refractivity contribution in [1.29, 1.82) is 0 Å². The van der Waals surface area contributed by atoms with E-state index in [4.69, 9.17) is 9.90 Å². The lowest BCUT2D eigenvalue weighted by Crippen LogP contribution is -2.48. The average Bonchev–Trinajstić information content (AvgIpc) is 2.10. The fourth-order valence-electron chi connectivity index (χ4n) is 1.07. The Morgan fingerprint density at radius 3 is 2.38 bits per heavy atom. The standard InChI is InChI=1S/C6H13N2OP.CH2O2/c1-7-2-3-8(10)4-6(7)5-9;2-1-3/h5-6H,2-4,10H2,1H3;1H,(H,2,3). The van der Waals surface area contributed by atoms with Gasteiger partial charge in [0.15, 0.2) is 0 Å². The van der Waals surface area contributed by atoms with E-state index in [1.807, 2.05) is 7.05 Å². The van der Waals surface area contributed by atoms with Crippen molar-refractivity contribution >= 4 is 22.1 Å². The van der Waals surface area contributed by atoms with Gasteiger partial charge < -0.3 is 9.90 Å². The molecule has 0 aromatic rings. The maximum absolute atomic E-state index is 10.4. The first-order valence-corrected chi connectivity index (χ1v) is 4.40. The van der Waals surface area contributed by atoms with Gasteiger partial charge in [-0.05, 0) is 7.05 Å². The van der Waals surface area contributed by atoms with Crippen molar-refractivity contribution in [2.45, 2.75) is 6.04 Å². The summed E-state index contributed by atoms with van der Waals surface area (Å²) in [7, 11) is 4.61. The van der Waals surface area contributed by atoms with Crippen molar-refractivity contribution in [1.82, 2.24) is 9.57 Å². The molecule has 2 unspecified atom stereocenters. The third kappa shape index (κ3) is 4.93. The molecule has 1 saturated heterocycles. The molecule has 0 aromatic heterocycles. The third-order valence-electron chi connectivity index (χ3n) is 1.88. The van der Waals surface area contributed by atoms with Crippen LogP contribution in [0.25, 0.3) is 0 Å². The van der Waals surface area contributed by atoms with E-state index in [1.54, 1.807) is 0 Å². The van der Waals surface area contributed by atoms with Crippen molar-refractivity contribution in [3.8, 4) is 0 Å². The molecule has 1 fully saturated rings. The molecule has 0 radical (unpaired) electrons. The highest BCUT2D eigenvalue weighted by Gasteiger charge is 2.20. The second-order valence-electron chi connectivity index (χ2n) is 2.78. The van der Waals surface area contributed by atoms with Crippen molar-refractivity contribution in [3.63, 3.8) is 0 Å². The molecule has 0 spiro atoms. The minimum Gasteiger partial charge on any atom is -0.483 e. The molecule has 0 saturated carbocycles. The second-order valence-corrected chi connectivity index (χ2v) is 3.51. The molecule has 6 heteroatoms. The highest BCUT2D eigenvalue weighted by Crippen LogP contribution is 2.08. The summed E-state index contributed by atoms with van der Waals surface area (Å²) < 4.78 is 2.10. The van der Waals surface area contributed by atoms with Crippen LogP contribution in [0.5, 0.6) is 0 Å². The summed E-state index contributed by atoms with van der Waals surface area (Å²) in [5.74, 6) is 0. The number of likely N-dealkylation sites (N-methyl/N-ethyl adjacent to an activating group) is 1. The number of hydrogen-bond acceptors (Lipinski definition) is 4. The lowest BCUT2D eigenvalue weighted by molar-refractivity contribution is -0.122. The second kappa shape index (κ2) is 6.95. The summed E-state index contributed by atoms with van der Waals surface area (Å²) in [6.07, 6.45) is 1.01. The topological polar surface area (TPSA) is 60.9 Å². The molecule has 0 aliphatic carbocycles. The number of carbonyl (C=O) groups is 2. The van der Waals surface area contributed by atoms with Gasteiger partial charge in [0.2, 0.25) is 0 Å². The highest BCUT2D eigenvalue weighted by atomic mass is 31.0. The summed E-state index contributed by atoms with van der Waals surface area (Å²) in [5.41, 5.74) is 0. The Labute approximate surface area is 80.0 Å². The van der Waals surface area contributed by atoms with Crippen LogP contribution in [-0.4, -0.2) is 60.2 Å². The van der Waals surface area contributed by atoms with E-state index in [0.29, 0.717) is 0 Å². The van der Waals surface area contributed by atoms with Crippen LogP contribution in [0.2, 0.25) is 0 Å². The molecular formula is C7H15N2O3P. The van der Waals surface area contributed by atoms with Crippen molar-refractivity contribution in [3.05, 3.63) is 0 Å². The zero-order valence-corrected chi connectivity index (χ0v) is 8.74. The van der Waals surface area contributed by atoms with Crippen LogP contribution in [0, 0.1) is 0 Å². The summed E-state index contributed by atoms with van der Waals surface area (Å²) in [6, 6.07) is 0.0891. The first kappa shape index (κ1) is 12.5. The van der Waals surface area contributed by atoms with Gasteiger partial charge in [0.1, 0.15) is 6.29 Å². The molecule has 13 heavy (non-hydrogen) atoms. The Hall–Kier alpha value is -0.510. The Kier molecular flexibility index (Phi) is 6.68. The Bertz CT molecular complexity index is 168. The summed E-state index contributed by atoms with van der Waals surface area (Å²) >= 11 is 0. The van der Waals surface area contributed by atoms with Crippen molar-refractivity contribution in [2.24, 2.45) is 0 Å². The van der Waals surface area contributed by atoms with Gasteiger partial charge in [-0.1, -0.05) is 9.39 Å². The SMILES string of the molecule is CN1CCN(P)CC1C=O.O=CO. The lowest BCUT2D eigenvalue weighted by Gasteiger charge is -2.34. The predicted octanol–water partition coefficient (Wildman–Crippen LogP) is -0.708. The van der Waals surface area contributed by atoms with E-state index in [2.05, 4.69) is 19.0 Å². The molecule has 1 aliphatic rings. The minimum absolute atomic E-state index is 0.0891. The Morgan fingerprint density at radius 2 is 2.00 bits per heavy atom. The van der Waals surface area contributed by atoms with Gasteiger partial charge in [-0.3, -0.25) is 14.4 Å². The predicted molar refractivity (Wildman–Crippen MR) is 52.5 cm³/mol. The number of carbonyl (C=O) groups excluding carboxylic acids is 1. The molecule has 5 nitrogen and oxygen atoms in total. The number of nitrogens with zero attached hydrogens (tertiary/aromatic N) is 2. The minimum atomic E-state index is -0.250. The Morgan fingerprint density at radius 1 is 1.46 bits per heavy atom. The smallest absolute Gasteiger partial charge is 0.290 e. The number of carboxylic acid groups (broad SMARTS) is 1. The monoisotopic (exact) mass is 206 g/mol. The van der Waals surface area contributed by atoms with Gasteiger partial charge in [-0.2, -0.15) is 0 Å². The zero-order valence-electron chi connectivity index (χ0n) is 7.59. The molecule has 2 atom stereocenters. The van der Waals surface area contributed by atoms with E-state index in [-0.39, 0.29) is 12.5 Å². The molecular weight excluding hydrogens is 191 g/mol. The van der Waals surface area contributed by atoms with Crippen LogP contribution >= 0.6 is 9.39 Å². The van der Waals surface area contributed by atoms with Gasteiger partial charge in [-0.25, -0.2) is 0 Å². The number of hydrogen-bond donors (Lipinski definition) is 1. The van der Waals surface area contributed by atoms with Crippen LogP contribution in [0.1, 0.15) is 0 Å². The normalized spacial score (nSPS) is 24.3. The van der Waals surface area contributed by atoms with Gasteiger partial charge >= 0.3 is 0 Å². The maximum atomic E-state index is 10.4. The van der Waals surface area contributed by atoms with Crippen LogP contribution in [0.4, 0.5) is 0 Å². The summed E-state index contributed by atoms with van der Waals surface area (Å²) in [4.78, 5) is 20.9. The summed E-state index contributed by atoms with van der Waals surface area (Å²) in [6.45, 7) is 2.60. The molecule has 1 aliphatic heterocycles. The Balaban J connectivity index is 0.000000424. The molecule has 1 N–H and O–H groups in total. The van der Waals surface area contributed by atoms with Crippen molar-refractivity contribution < 1.29 is 14.7 Å². The zero-order chi connectivity index (χ0) is 10.3. The number of aldehydes is 1. The average molecular weight is 206 g/mol. The molecule has 0 aromatic carbocycles. The molecule has 0 bridgehead atoms. The molecule has 1 rings (SSSR count). The van der Waals surface area contributed by atoms with Crippen LogP contribution < -0.4 is 0 Å². The fraction of sp³-hybridized carbons (Fsp3) is 0.714. The van der Waals surface area contributed by atoms with Crippen molar-refractivity contribution in [2.75, 3.05) is 26.7 Å². The van der Waals surface area contributed by atoms with E-state index < -0.39 is 0 Å². The van der Waals surface area contributed by atoms with Crippen LogP contribution in [0.3, 0.4) is 0 Å². The highest BCUT2D eigenvalue weighted by molar-refractivity contribution is 7.13.